The van der Waals surface area contributed by atoms with Crippen molar-refractivity contribution in [1.82, 2.24) is 9.97 Å². The SMILES string of the molecule is CC(C)c1cc(Cl)nc(-c2cc(Cl)cc(Cl)c2)n1. The van der Waals surface area contributed by atoms with Gasteiger partial charge < -0.3 is 0 Å². The van der Waals surface area contributed by atoms with Gasteiger partial charge in [0.15, 0.2) is 5.82 Å². The number of nitrogens with zero attached hydrogens (tertiary/aromatic N) is 2. The summed E-state index contributed by atoms with van der Waals surface area (Å²) in [5.41, 5.74) is 1.65. The van der Waals surface area contributed by atoms with Crippen LogP contribution in [0.1, 0.15) is 25.5 Å². The standard InChI is InChI=1S/C13H11Cl3N2/c1-7(2)11-6-12(16)18-13(17-11)8-3-9(14)5-10(15)4-8/h3-7H,1-2H3. The van der Waals surface area contributed by atoms with E-state index in [1.807, 2.05) is 13.8 Å². The molecule has 0 radical (unpaired) electrons. The third kappa shape index (κ3) is 3.14. The third-order valence-corrected chi connectivity index (χ3v) is 3.06. The van der Waals surface area contributed by atoms with E-state index in [2.05, 4.69) is 9.97 Å². The van der Waals surface area contributed by atoms with Gasteiger partial charge in [0.25, 0.3) is 0 Å². The molecule has 1 aromatic heterocycles. The van der Waals surface area contributed by atoms with Gasteiger partial charge in [0, 0.05) is 21.3 Å². The lowest BCUT2D eigenvalue weighted by Crippen LogP contribution is -1.98. The van der Waals surface area contributed by atoms with Crippen LogP contribution in [0.25, 0.3) is 11.4 Å². The summed E-state index contributed by atoms with van der Waals surface area (Å²) in [5, 5.41) is 1.51. The molecule has 0 saturated carbocycles. The average molecular weight is 302 g/mol. The maximum absolute atomic E-state index is 6.01. The predicted octanol–water partition coefficient (Wildman–Crippen LogP) is 5.23. The maximum Gasteiger partial charge on any atom is 0.161 e. The largest absolute Gasteiger partial charge is 0.233 e. The maximum atomic E-state index is 6.01. The predicted molar refractivity (Wildman–Crippen MR) is 76.6 cm³/mol. The molecule has 0 unspecified atom stereocenters. The summed E-state index contributed by atoms with van der Waals surface area (Å²) in [6.07, 6.45) is 0. The molecule has 0 spiro atoms. The van der Waals surface area contributed by atoms with E-state index in [-0.39, 0.29) is 5.92 Å². The molecular formula is C13H11Cl3N2. The van der Waals surface area contributed by atoms with E-state index in [0.29, 0.717) is 21.0 Å². The van der Waals surface area contributed by atoms with Gasteiger partial charge in [0.2, 0.25) is 0 Å². The normalized spacial score (nSPS) is 11.0. The van der Waals surface area contributed by atoms with Crippen LogP contribution in [0.4, 0.5) is 0 Å². The molecule has 0 aliphatic rings. The first-order valence-corrected chi connectivity index (χ1v) is 6.60. The first-order chi connectivity index (χ1) is 8.45. The summed E-state index contributed by atoms with van der Waals surface area (Å²) in [6.45, 7) is 4.10. The Bertz CT molecular complexity index is 562. The number of rotatable bonds is 2. The summed E-state index contributed by atoms with van der Waals surface area (Å²) in [6, 6.07) is 6.97. The first-order valence-electron chi connectivity index (χ1n) is 5.46. The van der Waals surface area contributed by atoms with Crippen molar-refractivity contribution in [3.05, 3.63) is 45.2 Å². The van der Waals surface area contributed by atoms with Gasteiger partial charge in [0.1, 0.15) is 5.15 Å². The van der Waals surface area contributed by atoms with E-state index in [9.17, 15) is 0 Å². The van der Waals surface area contributed by atoms with Crippen molar-refractivity contribution in [2.45, 2.75) is 19.8 Å². The van der Waals surface area contributed by atoms with E-state index in [4.69, 9.17) is 34.8 Å². The molecule has 0 aliphatic heterocycles. The number of hydrogen-bond donors (Lipinski definition) is 0. The van der Waals surface area contributed by atoms with Crippen LogP contribution < -0.4 is 0 Å². The van der Waals surface area contributed by atoms with Crippen molar-refractivity contribution >= 4 is 34.8 Å². The lowest BCUT2D eigenvalue weighted by Gasteiger charge is -2.08. The van der Waals surface area contributed by atoms with Gasteiger partial charge >= 0.3 is 0 Å². The summed E-state index contributed by atoms with van der Waals surface area (Å²) in [5.74, 6) is 0.814. The Morgan fingerprint density at radius 2 is 1.50 bits per heavy atom. The monoisotopic (exact) mass is 300 g/mol. The fraction of sp³-hybridized carbons (Fsp3) is 0.231. The van der Waals surface area contributed by atoms with Gasteiger partial charge in [-0.2, -0.15) is 0 Å². The molecule has 2 rings (SSSR count). The van der Waals surface area contributed by atoms with Crippen molar-refractivity contribution in [3.63, 3.8) is 0 Å². The van der Waals surface area contributed by atoms with Crippen LogP contribution in [-0.4, -0.2) is 9.97 Å². The first kappa shape index (κ1) is 13.6. The minimum Gasteiger partial charge on any atom is -0.233 e. The van der Waals surface area contributed by atoms with Crippen molar-refractivity contribution in [2.75, 3.05) is 0 Å². The van der Waals surface area contributed by atoms with Crippen molar-refractivity contribution in [3.8, 4) is 11.4 Å². The van der Waals surface area contributed by atoms with Gasteiger partial charge in [0.05, 0.1) is 0 Å². The minimum absolute atomic E-state index is 0.277. The number of halogens is 3. The Labute approximate surface area is 121 Å². The van der Waals surface area contributed by atoms with E-state index in [0.717, 1.165) is 11.3 Å². The Balaban J connectivity index is 2.56. The Hall–Kier alpha value is -0.830. The number of hydrogen-bond acceptors (Lipinski definition) is 2. The molecule has 0 saturated heterocycles. The van der Waals surface area contributed by atoms with Crippen LogP contribution in [0.2, 0.25) is 15.2 Å². The molecule has 94 valence electrons. The molecule has 0 N–H and O–H groups in total. The molecule has 0 atom stereocenters. The van der Waals surface area contributed by atoms with Gasteiger partial charge in [-0.05, 0) is 30.2 Å². The second-order valence-electron chi connectivity index (χ2n) is 4.25. The molecule has 5 heteroatoms. The van der Waals surface area contributed by atoms with E-state index in [1.165, 1.54) is 0 Å². The lowest BCUT2D eigenvalue weighted by atomic mass is 10.1. The van der Waals surface area contributed by atoms with Gasteiger partial charge in [-0.3, -0.25) is 0 Å². The number of benzene rings is 1. The second kappa shape index (κ2) is 5.43. The molecule has 1 heterocycles. The van der Waals surface area contributed by atoms with Crippen LogP contribution in [-0.2, 0) is 0 Å². The number of aromatic nitrogens is 2. The zero-order valence-corrected chi connectivity index (χ0v) is 12.2. The van der Waals surface area contributed by atoms with Gasteiger partial charge in [-0.25, -0.2) is 9.97 Å². The van der Waals surface area contributed by atoms with Crippen LogP contribution in [0.5, 0.6) is 0 Å². The summed E-state index contributed by atoms with van der Waals surface area (Å²) in [7, 11) is 0. The molecule has 2 aromatic rings. The molecule has 1 aromatic carbocycles. The smallest absolute Gasteiger partial charge is 0.161 e. The van der Waals surface area contributed by atoms with Crippen LogP contribution in [0, 0.1) is 0 Å². The van der Waals surface area contributed by atoms with E-state index >= 15 is 0 Å². The zero-order valence-electron chi connectivity index (χ0n) is 9.92. The minimum atomic E-state index is 0.277. The highest BCUT2D eigenvalue weighted by Crippen LogP contribution is 2.27. The van der Waals surface area contributed by atoms with E-state index < -0.39 is 0 Å². The molecule has 0 aliphatic carbocycles. The molecule has 2 nitrogen and oxygen atoms in total. The fourth-order valence-corrected chi connectivity index (χ4v) is 2.26. The van der Waals surface area contributed by atoms with Crippen molar-refractivity contribution < 1.29 is 0 Å². The molecule has 0 fully saturated rings. The second-order valence-corrected chi connectivity index (χ2v) is 5.51. The fourth-order valence-electron chi connectivity index (χ4n) is 1.54. The van der Waals surface area contributed by atoms with E-state index in [1.54, 1.807) is 24.3 Å². The molecular weight excluding hydrogens is 291 g/mol. The van der Waals surface area contributed by atoms with Crippen molar-refractivity contribution in [1.29, 1.82) is 0 Å². The Kier molecular flexibility index (Phi) is 4.10. The molecule has 0 bridgehead atoms. The van der Waals surface area contributed by atoms with Gasteiger partial charge in [-0.15, -0.1) is 0 Å². The molecule has 18 heavy (non-hydrogen) atoms. The zero-order chi connectivity index (χ0) is 13.3. The topological polar surface area (TPSA) is 25.8 Å². The van der Waals surface area contributed by atoms with Crippen LogP contribution in [0.3, 0.4) is 0 Å². The summed E-state index contributed by atoms with van der Waals surface area (Å²) in [4.78, 5) is 8.68. The summed E-state index contributed by atoms with van der Waals surface area (Å²) >= 11 is 17.9. The molecule has 0 amide bonds. The van der Waals surface area contributed by atoms with Crippen LogP contribution >= 0.6 is 34.8 Å². The average Bonchev–Trinajstić information content (AvgIpc) is 2.26. The highest BCUT2D eigenvalue weighted by atomic mass is 35.5. The third-order valence-electron chi connectivity index (χ3n) is 2.43. The quantitative estimate of drug-likeness (QED) is 0.710. The Morgan fingerprint density at radius 3 is 2.06 bits per heavy atom. The van der Waals surface area contributed by atoms with Crippen LogP contribution in [0.15, 0.2) is 24.3 Å². The highest BCUT2D eigenvalue weighted by Gasteiger charge is 2.09. The van der Waals surface area contributed by atoms with Gasteiger partial charge in [-0.1, -0.05) is 48.7 Å². The highest BCUT2D eigenvalue weighted by molar-refractivity contribution is 6.35. The lowest BCUT2D eigenvalue weighted by molar-refractivity contribution is 0.817. The summed E-state index contributed by atoms with van der Waals surface area (Å²) < 4.78 is 0. The Morgan fingerprint density at radius 1 is 0.889 bits per heavy atom. The van der Waals surface area contributed by atoms with Crippen molar-refractivity contribution in [2.24, 2.45) is 0 Å².